The van der Waals surface area contributed by atoms with E-state index in [4.69, 9.17) is 9.47 Å². The molecule has 0 saturated carbocycles. The van der Waals surface area contributed by atoms with E-state index in [1.807, 2.05) is 0 Å². The Morgan fingerprint density at radius 1 is 1.24 bits per heavy atom. The molecule has 0 radical (unpaired) electrons. The number of ether oxygens (including phenoxy) is 2. The second kappa shape index (κ2) is 7.68. The molecule has 108 valence electrons. The Bertz CT molecular complexity index is 604. The molecule has 21 heavy (non-hydrogen) atoms. The van der Waals surface area contributed by atoms with E-state index >= 15 is 0 Å². The van der Waals surface area contributed by atoms with Gasteiger partial charge in [0, 0.05) is 13.2 Å². The summed E-state index contributed by atoms with van der Waals surface area (Å²) in [6.07, 6.45) is 1.70. The molecular weight excluding hydrogens is 311 g/mol. The largest absolute Gasteiger partial charge is 1.00 e. The van der Waals surface area contributed by atoms with Crippen LogP contribution in [0.3, 0.4) is 0 Å². The summed E-state index contributed by atoms with van der Waals surface area (Å²) in [5.74, 6) is -0.0756. The normalized spacial score (nSPS) is 10.9. The van der Waals surface area contributed by atoms with Crippen LogP contribution in [-0.2, 0) is 13.7 Å². The monoisotopic (exact) mass is 324 g/mol. The number of methoxy groups -OCH3 is 1. The maximum Gasteiger partial charge on any atom is 1.00 e. The summed E-state index contributed by atoms with van der Waals surface area (Å²) in [6.45, 7) is -5.19. The molecule has 0 aliphatic carbocycles. The average molecular weight is 324 g/mol. The minimum absolute atomic E-state index is 0. The first-order valence-electron chi connectivity index (χ1n) is 5.89. The summed E-state index contributed by atoms with van der Waals surface area (Å²) in [4.78, 5) is 0. The van der Waals surface area contributed by atoms with E-state index in [1.54, 1.807) is 24.0 Å². The van der Waals surface area contributed by atoms with Gasteiger partial charge in [0.2, 0.25) is 0 Å². The molecule has 0 bridgehead atoms. The molecule has 0 spiro atoms. The molecular formula is C12H13BF3KN2O2. The molecule has 0 N–H and O–H groups in total. The van der Waals surface area contributed by atoms with Crippen LogP contribution in [-0.4, -0.2) is 23.9 Å². The van der Waals surface area contributed by atoms with Crippen molar-refractivity contribution in [2.75, 3.05) is 7.11 Å². The molecule has 0 unspecified atom stereocenters. The predicted molar refractivity (Wildman–Crippen MR) is 69.2 cm³/mol. The first kappa shape index (κ1) is 18.6. The van der Waals surface area contributed by atoms with Crippen molar-refractivity contribution in [3.05, 3.63) is 36.2 Å². The van der Waals surface area contributed by atoms with Crippen molar-refractivity contribution < 1.29 is 73.8 Å². The first-order chi connectivity index (χ1) is 9.40. The number of hydrogen-bond acceptors (Lipinski definition) is 3. The van der Waals surface area contributed by atoms with Crippen molar-refractivity contribution in [1.82, 2.24) is 9.78 Å². The second-order valence-corrected chi connectivity index (χ2v) is 4.25. The van der Waals surface area contributed by atoms with E-state index in [2.05, 4.69) is 5.10 Å². The molecule has 0 fully saturated rings. The van der Waals surface area contributed by atoms with Crippen molar-refractivity contribution in [3.8, 4) is 11.5 Å². The molecule has 1 aromatic heterocycles. The average Bonchev–Trinajstić information content (AvgIpc) is 2.81. The van der Waals surface area contributed by atoms with Crippen molar-refractivity contribution in [3.63, 3.8) is 0 Å². The Morgan fingerprint density at radius 3 is 2.48 bits per heavy atom. The Morgan fingerprint density at radius 2 is 1.95 bits per heavy atom. The van der Waals surface area contributed by atoms with Gasteiger partial charge in [-0.15, -0.1) is 0 Å². The molecule has 1 aromatic carbocycles. The van der Waals surface area contributed by atoms with Gasteiger partial charge in [-0.25, -0.2) is 0 Å². The summed E-state index contributed by atoms with van der Waals surface area (Å²) in [5, 5.41) is 4.04. The van der Waals surface area contributed by atoms with Crippen molar-refractivity contribution >= 4 is 12.4 Å². The zero-order chi connectivity index (χ0) is 14.8. The summed E-state index contributed by atoms with van der Waals surface area (Å²) in [5.41, 5.74) is -0.246. The minimum Gasteiger partial charge on any atom is -0.497 e. The van der Waals surface area contributed by atoms with Gasteiger partial charge in [-0.3, -0.25) is 4.68 Å². The number of hydrogen-bond donors (Lipinski definition) is 0. The fourth-order valence-corrected chi connectivity index (χ4v) is 1.73. The van der Waals surface area contributed by atoms with Gasteiger partial charge in [-0.2, -0.15) is 5.10 Å². The van der Waals surface area contributed by atoms with E-state index in [1.165, 1.54) is 19.2 Å². The summed E-state index contributed by atoms with van der Waals surface area (Å²) < 4.78 is 50.6. The first-order valence-corrected chi connectivity index (χ1v) is 5.89. The zero-order valence-corrected chi connectivity index (χ0v) is 15.1. The maximum absolute atomic E-state index is 13.0. The smallest absolute Gasteiger partial charge is 0.497 e. The Labute approximate surface area is 163 Å². The Balaban J connectivity index is 0.00000220. The van der Waals surface area contributed by atoms with Crippen molar-refractivity contribution in [2.24, 2.45) is 7.05 Å². The molecule has 4 nitrogen and oxygen atoms in total. The number of halogens is 3. The number of aromatic nitrogens is 2. The number of aryl methyl sites for hydroxylation is 1. The minimum atomic E-state index is -5.17. The quantitative estimate of drug-likeness (QED) is 0.667. The molecule has 0 amide bonds. The molecule has 0 aliphatic heterocycles. The third kappa shape index (κ3) is 5.03. The number of nitrogens with zero attached hydrogens (tertiary/aromatic N) is 2. The Kier molecular flexibility index (Phi) is 6.79. The Hall–Kier alpha value is -0.479. The molecule has 1 heterocycles. The van der Waals surface area contributed by atoms with Crippen LogP contribution in [0.15, 0.2) is 30.5 Å². The van der Waals surface area contributed by atoms with Gasteiger partial charge in [-0.1, -0.05) is 5.46 Å². The molecule has 0 aliphatic rings. The van der Waals surface area contributed by atoms with E-state index in [0.29, 0.717) is 5.69 Å². The van der Waals surface area contributed by atoms with Crippen LogP contribution in [0.4, 0.5) is 12.9 Å². The van der Waals surface area contributed by atoms with E-state index in [9.17, 15) is 12.9 Å². The summed E-state index contributed by atoms with van der Waals surface area (Å²) in [7, 11) is 3.04. The van der Waals surface area contributed by atoms with Gasteiger partial charge in [0.1, 0.15) is 12.4 Å². The van der Waals surface area contributed by atoms with E-state index < -0.39 is 12.4 Å². The topological polar surface area (TPSA) is 36.3 Å². The van der Waals surface area contributed by atoms with Crippen LogP contribution in [0.1, 0.15) is 5.69 Å². The third-order valence-corrected chi connectivity index (χ3v) is 2.71. The van der Waals surface area contributed by atoms with Crippen molar-refractivity contribution in [1.29, 1.82) is 0 Å². The van der Waals surface area contributed by atoms with E-state index in [0.717, 1.165) is 6.07 Å². The van der Waals surface area contributed by atoms with Crippen LogP contribution in [0, 0.1) is 0 Å². The molecule has 2 rings (SSSR count). The van der Waals surface area contributed by atoms with Crippen LogP contribution in [0.2, 0.25) is 0 Å². The maximum atomic E-state index is 13.0. The van der Waals surface area contributed by atoms with Crippen LogP contribution in [0.5, 0.6) is 11.5 Å². The van der Waals surface area contributed by atoms with Gasteiger partial charge in [0.25, 0.3) is 0 Å². The van der Waals surface area contributed by atoms with Gasteiger partial charge in [-0.05, 0) is 24.3 Å². The third-order valence-electron chi connectivity index (χ3n) is 2.71. The van der Waals surface area contributed by atoms with Gasteiger partial charge < -0.3 is 22.4 Å². The zero-order valence-electron chi connectivity index (χ0n) is 12.0. The predicted octanol–water partition coefficient (Wildman–Crippen LogP) is -0.934. The number of benzene rings is 1. The molecule has 2 aromatic rings. The molecule has 9 heteroatoms. The standard InChI is InChI=1S/C12H13BF3N2O2.K/c1-18-6-5-9(17-18)8-20-12-4-3-10(19-2)7-11(12)13(14,15)16;/h3-7H,8H2,1-2H3;/q-1;+1. The molecule has 0 atom stereocenters. The summed E-state index contributed by atoms with van der Waals surface area (Å²) >= 11 is 0. The van der Waals surface area contributed by atoms with Crippen LogP contribution < -0.4 is 66.3 Å². The van der Waals surface area contributed by atoms with Gasteiger partial charge in [0.05, 0.1) is 18.6 Å². The summed E-state index contributed by atoms with van der Waals surface area (Å²) in [6, 6.07) is 5.31. The second-order valence-electron chi connectivity index (χ2n) is 4.25. The fraction of sp³-hybridized carbons (Fsp3) is 0.250. The van der Waals surface area contributed by atoms with Crippen LogP contribution >= 0.6 is 0 Å². The fourth-order valence-electron chi connectivity index (χ4n) is 1.73. The van der Waals surface area contributed by atoms with Crippen molar-refractivity contribution in [2.45, 2.75) is 6.61 Å². The number of rotatable bonds is 5. The van der Waals surface area contributed by atoms with E-state index in [-0.39, 0.29) is 69.5 Å². The SMILES string of the molecule is COc1ccc(OCc2ccn(C)n2)c([B-](F)(F)F)c1.[K+]. The van der Waals surface area contributed by atoms with Crippen LogP contribution in [0.25, 0.3) is 0 Å². The van der Waals surface area contributed by atoms with Gasteiger partial charge >= 0.3 is 58.4 Å². The van der Waals surface area contributed by atoms with Gasteiger partial charge in [0.15, 0.2) is 0 Å². The molecule has 0 saturated heterocycles.